The predicted octanol–water partition coefficient (Wildman–Crippen LogP) is 1.51. The summed E-state index contributed by atoms with van der Waals surface area (Å²) in [6.07, 6.45) is 1.36. The number of halogens is 1. The zero-order chi connectivity index (χ0) is 20.9. The minimum absolute atomic E-state index is 0.180. The van der Waals surface area contributed by atoms with Crippen molar-refractivity contribution in [3.8, 4) is 0 Å². The Bertz CT molecular complexity index is 945. The van der Waals surface area contributed by atoms with Crippen molar-refractivity contribution in [2.75, 3.05) is 51.6 Å². The van der Waals surface area contributed by atoms with E-state index in [2.05, 4.69) is 20.5 Å². The highest BCUT2D eigenvalue weighted by Gasteiger charge is 2.27. The van der Waals surface area contributed by atoms with E-state index < -0.39 is 10.0 Å². The molecule has 0 saturated carbocycles. The standard InChI is InChI=1S/C19H24ClN5O3S/c1-24-10-12-25(13-11-24)29(27,28)15-6-7-18(23-14-15)21-8-9-22-19(26)16-4-2-3-5-17(16)20/h2-7,14H,8-13H2,1H3,(H,21,23)(H,22,26). The monoisotopic (exact) mass is 437 g/mol. The van der Waals surface area contributed by atoms with Gasteiger partial charge in [-0.25, -0.2) is 13.4 Å². The molecule has 1 aliphatic heterocycles. The molecule has 0 aliphatic carbocycles. The van der Waals surface area contributed by atoms with Crippen LogP contribution in [0.3, 0.4) is 0 Å². The first-order valence-corrected chi connectivity index (χ1v) is 11.1. The highest BCUT2D eigenvalue weighted by Crippen LogP contribution is 2.18. The van der Waals surface area contributed by atoms with E-state index in [-0.39, 0.29) is 10.8 Å². The van der Waals surface area contributed by atoms with Crippen LogP contribution in [-0.4, -0.2) is 74.8 Å². The molecule has 1 fully saturated rings. The maximum absolute atomic E-state index is 12.7. The summed E-state index contributed by atoms with van der Waals surface area (Å²) in [6.45, 7) is 3.19. The smallest absolute Gasteiger partial charge is 0.252 e. The lowest BCUT2D eigenvalue weighted by Gasteiger charge is -2.31. The Kier molecular flexibility index (Phi) is 7.07. The average molecular weight is 438 g/mol. The SMILES string of the molecule is CN1CCN(S(=O)(=O)c2ccc(NCCNC(=O)c3ccccc3Cl)nc2)CC1. The van der Waals surface area contributed by atoms with Crippen LogP contribution in [0.1, 0.15) is 10.4 Å². The summed E-state index contributed by atoms with van der Waals surface area (Å²) in [5.41, 5.74) is 0.422. The number of hydrogen-bond donors (Lipinski definition) is 2. The first-order chi connectivity index (χ1) is 13.9. The number of nitrogens with zero attached hydrogens (tertiary/aromatic N) is 3. The van der Waals surface area contributed by atoms with Crippen molar-refractivity contribution in [3.05, 3.63) is 53.2 Å². The van der Waals surface area contributed by atoms with Gasteiger partial charge in [0.05, 0.1) is 10.6 Å². The second-order valence-corrected chi connectivity index (χ2v) is 9.09. The maximum Gasteiger partial charge on any atom is 0.252 e. The van der Waals surface area contributed by atoms with E-state index in [9.17, 15) is 13.2 Å². The second kappa shape index (κ2) is 9.53. The van der Waals surface area contributed by atoms with E-state index in [1.54, 1.807) is 36.4 Å². The fourth-order valence-corrected chi connectivity index (χ4v) is 4.51. The molecule has 2 aromatic rings. The third-order valence-electron chi connectivity index (χ3n) is 4.67. The summed E-state index contributed by atoms with van der Waals surface area (Å²) in [5, 5.41) is 6.23. The molecule has 1 saturated heterocycles. The van der Waals surface area contributed by atoms with Crippen molar-refractivity contribution in [1.29, 1.82) is 0 Å². The lowest BCUT2D eigenvalue weighted by atomic mass is 10.2. The van der Waals surface area contributed by atoms with Crippen LogP contribution in [-0.2, 0) is 10.0 Å². The van der Waals surface area contributed by atoms with Crippen LogP contribution in [0.25, 0.3) is 0 Å². The molecule has 0 radical (unpaired) electrons. The van der Waals surface area contributed by atoms with Crippen molar-refractivity contribution in [2.45, 2.75) is 4.90 Å². The third kappa shape index (κ3) is 5.45. The quantitative estimate of drug-likeness (QED) is 0.638. The highest BCUT2D eigenvalue weighted by molar-refractivity contribution is 7.89. The van der Waals surface area contributed by atoms with Crippen LogP contribution in [0.15, 0.2) is 47.5 Å². The van der Waals surface area contributed by atoms with Gasteiger partial charge in [-0.15, -0.1) is 0 Å². The van der Waals surface area contributed by atoms with Crippen LogP contribution in [0.2, 0.25) is 5.02 Å². The number of pyridine rings is 1. The number of anilines is 1. The van der Waals surface area contributed by atoms with E-state index in [4.69, 9.17) is 11.6 Å². The van der Waals surface area contributed by atoms with Crippen LogP contribution in [0, 0.1) is 0 Å². The number of hydrogen-bond acceptors (Lipinski definition) is 6. The normalized spacial score (nSPS) is 15.8. The molecule has 0 atom stereocenters. The average Bonchev–Trinajstić information content (AvgIpc) is 2.72. The zero-order valence-electron chi connectivity index (χ0n) is 16.1. The van der Waals surface area contributed by atoms with E-state index in [0.717, 1.165) is 0 Å². The maximum atomic E-state index is 12.7. The lowest BCUT2D eigenvalue weighted by Crippen LogP contribution is -2.47. The lowest BCUT2D eigenvalue weighted by molar-refractivity contribution is 0.0955. The Labute approximate surface area is 175 Å². The van der Waals surface area contributed by atoms with Gasteiger partial charge in [0.25, 0.3) is 5.91 Å². The van der Waals surface area contributed by atoms with Gasteiger partial charge in [0, 0.05) is 45.5 Å². The third-order valence-corrected chi connectivity index (χ3v) is 6.88. The Morgan fingerprint density at radius 2 is 1.83 bits per heavy atom. The molecule has 10 heteroatoms. The molecule has 1 aromatic carbocycles. The van der Waals surface area contributed by atoms with Crippen LogP contribution in [0.5, 0.6) is 0 Å². The molecule has 29 heavy (non-hydrogen) atoms. The van der Waals surface area contributed by atoms with Gasteiger partial charge in [0.1, 0.15) is 10.7 Å². The van der Waals surface area contributed by atoms with E-state index >= 15 is 0 Å². The Morgan fingerprint density at radius 3 is 2.48 bits per heavy atom. The number of carbonyl (C=O) groups is 1. The van der Waals surface area contributed by atoms with Crippen molar-refractivity contribution in [3.63, 3.8) is 0 Å². The summed E-state index contributed by atoms with van der Waals surface area (Å²) in [5.74, 6) is 0.285. The minimum atomic E-state index is -3.53. The van der Waals surface area contributed by atoms with Crippen LogP contribution < -0.4 is 10.6 Å². The summed E-state index contributed by atoms with van der Waals surface area (Å²) in [4.78, 5) is 18.6. The van der Waals surface area contributed by atoms with E-state index in [1.165, 1.54) is 10.5 Å². The number of aromatic nitrogens is 1. The number of sulfonamides is 1. The number of rotatable bonds is 7. The molecule has 3 rings (SSSR count). The van der Waals surface area contributed by atoms with Gasteiger partial charge in [-0.3, -0.25) is 4.79 Å². The highest BCUT2D eigenvalue weighted by atomic mass is 35.5. The van der Waals surface area contributed by atoms with Crippen LogP contribution >= 0.6 is 11.6 Å². The molecular formula is C19H24ClN5O3S. The molecule has 0 bridgehead atoms. The zero-order valence-corrected chi connectivity index (χ0v) is 17.7. The Morgan fingerprint density at radius 1 is 1.10 bits per heavy atom. The Balaban J connectivity index is 1.49. The fourth-order valence-electron chi connectivity index (χ4n) is 2.92. The summed E-state index contributed by atoms with van der Waals surface area (Å²) >= 11 is 6.00. The topological polar surface area (TPSA) is 94.6 Å². The van der Waals surface area contributed by atoms with Crippen molar-refractivity contribution in [1.82, 2.24) is 19.5 Å². The first-order valence-electron chi connectivity index (χ1n) is 9.29. The molecule has 2 N–H and O–H groups in total. The van der Waals surface area contributed by atoms with Gasteiger partial charge in [-0.05, 0) is 31.3 Å². The second-order valence-electron chi connectivity index (χ2n) is 6.75. The minimum Gasteiger partial charge on any atom is -0.368 e. The van der Waals surface area contributed by atoms with Gasteiger partial charge < -0.3 is 15.5 Å². The number of piperazine rings is 1. The molecule has 1 aromatic heterocycles. The van der Waals surface area contributed by atoms with Crippen LogP contribution in [0.4, 0.5) is 5.82 Å². The first kappa shape index (κ1) is 21.5. The summed E-state index contributed by atoms with van der Waals surface area (Å²) in [6, 6.07) is 10.0. The molecular weight excluding hydrogens is 414 g/mol. The van der Waals surface area contributed by atoms with E-state index in [0.29, 0.717) is 55.7 Å². The largest absolute Gasteiger partial charge is 0.368 e. The van der Waals surface area contributed by atoms with Gasteiger partial charge in [0.15, 0.2) is 0 Å². The molecule has 0 spiro atoms. The molecule has 2 heterocycles. The predicted molar refractivity (Wildman–Crippen MR) is 113 cm³/mol. The van der Waals surface area contributed by atoms with E-state index in [1.807, 2.05) is 7.05 Å². The van der Waals surface area contributed by atoms with Crippen molar-refractivity contribution >= 4 is 33.3 Å². The summed E-state index contributed by atoms with van der Waals surface area (Å²) in [7, 11) is -1.55. The number of carbonyl (C=O) groups excluding carboxylic acids is 1. The summed E-state index contributed by atoms with van der Waals surface area (Å²) < 4.78 is 26.9. The molecule has 1 amide bonds. The molecule has 8 nitrogen and oxygen atoms in total. The van der Waals surface area contributed by atoms with Crippen molar-refractivity contribution in [2.24, 2.45) is 0 Å². The van der Waals surface area contributed by atoms with Gasteiger partial charge >= 0.3 is 0 Å². The van der Waals surface area contributed by atoms with Crippen molar-refractivity contribution < 1.29 is 13.2 Å². The fraction of sp³-hybridized carbons (Fsp3) is 0.368. The number of nitrogens with one attached hydrogen (secondary N) is 2. The number of likely N-dealkylation sites (N-methyl/N-ethyl adjacent to an activating group) is 1. The Hall–Kier alpha value is -2.20. The van der Waals surface area contributed by atoms with Gasteiger partial charge in [-0.2, -0.15) is 4.31 Å². The van der Waals surface area contributed by atoms with Gasteiger partial charge in [0.2, 0.25) is 10.0 Å². The van der Waals surface area contributed by atoms with Gasteiger partial charge in [-0.1, -0.05) is 23.7 Å². The molecule has 0 unspecified atom stereocenters. The molecule has 1 aliphatic rings. The molecule has 156 valence electrons. The number of amides is 1. The number of benzene rings is 1.